The molecule has 0 unspecified atom stereocenters. The summed E-state index contributed by atoms with van der Waals surface area (Å²) in [7, 11) is 0. The molecule has 8 heavy (non-hydrogen) atoms. The lowest BCUT2D eigenvalue weighted by Crippen LogP contribution is -2.07. The van der Waals surface area contributed by atoms with Gasteiger partial charge in [0.25, 0.3) is 0 Å². The molecular weight excluding hydrogens is 108 g/mol. The van der Waals surface area contributed by atoms with Crippen LogP contribution in [0.15, 0.2) is 0 Å². The molecule has 0 aromatic carbocycles. The molecule has 3 radical (unpaired) electrons. The Labute approximate surface area is 48.6 Å². The van der Waals surface area contributed by atoms with Crippen molar-refractivity contribution < 1.29 is 15.3 Å². The van der Waals surface area contributed by atoms with Gasteiger partial charge >= 0.3 is 0 Å². The van der Waals surface area contributed by atoms with E-state index in [4.69, 9.17) is 0 Å². The highest BCUT2D eigenvalue weighted by molar-refractivity contribution is 4.50. The monoisotopic (exact) mass is 117 g/mol. The summed E-state index contributed by atoms with van der Waals surface area (Å²) in [5.41, 5.74) is 0. The zero-order chi connectivity index (χ0) is 6.41. The Bertz CT molecular complexity index is 40.9. The fourth-order valence-electron chi connectivity index (χ4n) is 0.407. The van der Waals surface area contributed by atoms with E-state index >= 15 is 0 Å². The minimum Gasteiger partial charge on any atom is -0.237 e. The number of hydrogen-bond donors (Lipinski definition) is 0. The van der Waals surface area contributed by atoms with Crippen LogP contribution in [0.1, 0.15) is 12.8 Å². The zero-order valence-electron chi connectivity index (χ0n) is 4.63. The highest BCUT2D eigenvalue weighted by Crippen LogP contribution is 1.95. The zero-order valence-corrected chi connectivity index (χ0v) is 4.63. The standard InChI is InChI=1S/C5H9O3/c6-3-1-5(8)2-4-7/h5H,1-4H2. The summed E-state index contributed by atoms with van der Waals surface area (Å²) in [5.74, 6) is 0. The van der Waals surface area contributed by atoms with Crippen molar-refractivity contribution in [1.82, 2.24) is 0 Å². The predicted molar refractivity (Wildman–Crippen MR) is 24.8 cm³/mol. The minimum atomic E-state index is -0.912. The van der Waals surface area contributed by atoms with Crippen LogP contribution >= 0.6 is 0 Å². The molecular formula is C5H9O3. The second-order valence-electron chi connectivity index (χ2n) is 1.61. The van der Waals surface area contributed by atoms with E-state index < -0.39 is 6.10 Å². The fourth-order valence-corrected chi connectivity index (χ4v) is 0.407. The molecule has 0 aromatic heterocycles. The molecule has 47 valence electrons. The average molecular weight is 117 g/mol. The van der Waals surface area contributed by atoms with Crippen LogP contribution in [-0.2, 0) is 15.3 Å². The Morgan fingerprint density at radius 3 is 1.62 bits per heavy atom. The molecule has 0 spiro atoms. The van der Waals surface area contributed by atoms with Gasteiger partial charge in [0.15, 0.2) is 0 Å². The third-order valence-electron chi connectivity index (χ3n) is 0.880. The first-order valence-corrected chi connectivity index (χ1v) is 2.63. The van der Waals surface area contributed by atoms with Crippen molar-refractivity contribution in [3.05, 3.63) is 0 Å². The molecule has 0 heterocycles. The molecule has 0 atom stereocenters. The largest absolute Gasteiger partial charge is 0.237 e. The first kappa shape index (κ1) is 7.88. The van der Waals surface area contributed by atoms with Crippen molar-refractivity contribution in [3.8, 4) is 0 Å². The van der Waals surface area contributed by atoms with E-state index in [1.807, 2.05) is 0 Å². The van der Waals surface area contributed by atoms with Crippen LogP contribution in [-0.4, -0.2) is 19.3 Å². The topological polar surface area (TPSA) is 59.7 Å². The molecule has 3 nitrogen and oxygen atoms in total. The van der Waals surface area contributed by atoms with E-state index in [0.717, 1.165) is 0 Å². The molecule has 0 fully saturated rings. The highest BCUT2D eigenvalue weighted by atomic mass is 16.3. The Balaban J connectivity index is 2.92. The van der Waals surface area contributed by atoms with Gasteiger partial charge in [-0.2, -0.15) is 0 Å². The summed E-state index contributed by atoms with van der Waals surface area (Å²) in [6.07, 6.45) is -0.713. The first-order chi connectivity index (χ1) is 3.81. The third-order valence-corrected chi connectivity index (χ3v) is 0.880. The number of hydrogen-bond acceptors (Lipinski definition) is 0. The van der Waals surface area contributed by atoms with Crippen LogP contribution in [0.5, 0.6) is 0 Å². The van der Waals surface area contributed by atoms with Gasteiger partial charge in [-0.05, 0) is 0 Å². The fraction of sp³-hybridized carbons (Fsp3) is 1.00. The van der Waals surface area contributed by atoms with E-state index in [9.17, 15) is 15.3 Å². The van der Waals surface area contributed by atoms with Gasteiger partial charge in [-0.25, -0.2) is 15.3 Å². The van der Waals surface area contributed by atoms with Crippen LogP contribution in [0, 0.1) is 0 Å². The minimum absolute atomic E-state index is 0.0994. The van der Waals surface area contributed by atoms with Crippen molar-refractivity contribution in [3.63, 3.8) is 0 Å². The summed E-state index contributed by atoms with van der Waals surface area (Å²) in [6, 6.07) is 0. The lowest BCUT2D eigenvalue weighted by molar-refractivity contribution is 0.0239. The third kappa shape index (κ3) is 4.05. The van der Waals surface area contributed by atoms with Gasteiger partial charge < -0.3 is 0 Å². The molecule has 0 saturated carbocycles. The van der Waals surface area contributed by atoms with Crippen molar-refractivity contribution in [2.45, 2.75) is 18.9 Å². The Hall–Kier alpha value is -0.120. The Morgan fingerprint density at radius 2 is 1.38 bits per heavy atom. The lowest BCUT2D eigenvalue weighted by atomic mass is 10.2. The molecule has 0 N–H and O–H groups in total. The van der Waals surface area contributed by atoms with Gasteiger partial charge in [-0.15, -0.1) is 0 Å². The maximum atomic E-state index is 10.3. The van der Waals surface area contributed by atoms with E-state index in [-0.39, 0.29) is 26.1 Å². The van der Waals surface area contributed by atoms with Crippen LogP contribution in [0.4, 0.5) is 0 Å². The molecule has 0 rings (SSSR count). The van der Waals surface area contributed by atoms with Crippen LogP contribution in [0.25, 0.3) is 0 Å². The van der Waals surface area contributed by atoms with Crippen LogP contribution in [0.3, 0.4) is 0 Å². The van der Waals surface area contributed by atoms with Gasteiger partial charge in [-0.1, -0.05) is 0 Å². The lowest BCUT2D eigenvalue weighted by Gasteiger charge is -1.98. The maximum Gasteiger partial charge on any atom is 0.0976 e. The van der Waals surface area contributed by atoms with E-state index in [1.165, 1.54) is 0 Å². The number of rotatable bonds is 4. The smallest absolute Gasteiger partial charge is 0.0976 e. The van der Waals surface area contributed by atoms with Gasteiger partial charge in [0.1, 0.15) is 0 Å². The SMILES string of the molecule is [O]CCC([O])CC[O]. The molecule has 0 aliphatic carbocycles. The first-order valence-electron chi connectivity index (χ1n) is 2.63. The highest BCUT2D eigenvalue weighted by Gasteiger charge is 2.03. The second kappa shape index (κ2) is 5.03. The van der Waals surface area contributed by atoms with Gasteiger partial charge in [0.05, 0.1) is 19.3 Å². The molecule has 0 aliphatic heterocycles. The Morgan fingerprint density at radius 1 is 1.00 bits per heavy atom. The average Bonchev–Trinajstić information content (AvgIpc) is 1.68. The maximum absolute atomic E-state index is 10.3. The van der Waals surface area contributed by atoms with Crippen LogP contribution < -0.4 is 0 Å². The van der Waals surface area contributed by atoms with Crippen molar-refractivity contribution in [1.29, 1.82) is 0 Å². The Kier molecular flexibility index (Phi) is 4.95. The molecule has 0 aromatic rings. The van der Waals surface area contributed by atoms with Crippen molar-refractivity contribution in [2.24, 2.45) is 0 Å². The van der Waals surface area contributed by atoms with Crippen molar-refractivity contribution in [2.75, 3.05) is 13.2 Å². The molecule has 0 amide bonds. The van der Waals surface area contributed by atoms with Gasteiger partial charge in [0, 0.05) is 12.8 Å². The summed E-state index contributed by atoms with van der Waals surface area (Å²) in [4.78, 5) is 0. The molecule has 0 bridgehead atoms. The predicted octanol–water partition coefficient (Wildman–Crippen LogP) is 0.427. The summed E-state index contributed by atoms with van der Waals surface area (Å²) in [5, 5.41) is 29.8. The van der Waals surface area contributed by atoms with Crippen molar-refractivity contribution >= 4 is 0 Å². The molecule has 3 heteroatoms. The second-order valence-corrected chi connectivity index (χ2v) is 1.61. The normalized spacial score (nSPS) is 10.5. The van der Waals surface area contributed by atoms with E-state index in [0.29, 0.717) is 0 Å². The molecule has 0 saturated heterocycles. The molecule has 0 aliphatic rings. The quantitative estimate of drug-likeness (QED) is 0.512. The van der Waals surface area contributed by atoms with E-state index in [2.05, 4.69) is 0 Å². The van der Waals surface area contributed by atoms with Gasteiger partial charge in [-0.3, -0.25) is 0 Å². The van der Waals surface area contributed by atoms with Gasteiger partial charge in [0.2, 0.25) is 0 Å². The van der Waals surface area contributed by atoms with Crippen LogP contribution in [0.2, 0.25) is 0 Å². The van der Waals surface area contributed by atoms with E-state index in [1.54, 1.807) is 0 Å². The summed E-state index contributed by atoms with van der Waals surface area (Å²) < 4.78 is 0. The summed E-state index contributed by atoms with van der Waals surface area (Å²) >= 11 is 0. The summed E-state index contributed by atoms with van der Waals surface area (Å²) in [6.45, 7) is -0.706.